The molecule has 0 atom stereocenters. The summed E-state index contributed by atoms with van der Waals surface area (Å²) < 4.78 is 6.66. The van der Waals surface area contributed by atoms with Crippen molar-refractivity contribution >= 4 is 10.9 Å². The van der Waals surface area contributed by atoms with Crippen molar-refractivity contribution in [3.63, 3.8) is 0 Å². The molecule has 0 saturated heterocycles. The molecule has 2 aromatic heterocycles. The topological polar surface area (TPSA) is 47.9 Å². The highest BCUT2D eigenvalue weighted by Gasteiger charge is 2.51. The molecule has 10 aromatic rings. The predicted octanol–water partition coefficient (Wildman–Crippen LogP) is 13.8. The van der Waals surface area contributed by atoms with E-state index in [-0.39, 0.29) is 0 Å². The number of para-hydroxylation sites is 2. The molecular formula is C56H35N3O. The minimum atomic E-state index is -0.618. The number of fused-ring (bicyclic) bond motifs is 10. The van der Waals surface area contributed by atoms with Crippen LogP contribution in [0, 0.1) is 0 Å². The van der Waals surface area contributed by atoms with Gasteiger partial charge in [-0.2, -0.15) is 0 Å². The summed E-state index contributed by atoms with van der Waals surface area (Å²) in [5, 5.41) is 1.12. The van der Waals surface area contributed by atoms with Gasteiger partial charge >= 0.3 is 0 Å². The standard InChI is InChI=1S/C56H35N3O/c1-4-15-36(16-5-1)41-28-29-42(54-43(41)21-14-32-57-54)39-26-30-46-44(33-39)45-34-40(55-58-50(37-17-6-2-7-18-37)35-51(59-55)38-19-8-3-9-20-38)27-31-47(45)56(46)48-22-10-12-24-52(48)60-53-25-13-11-23-49(53)56/h1-35H. The smallest absolute Gasteiger partial charge is 0.160 e. The summed E-state index contributed by atoms with van der Waals surface area (Å²) in [7, 11) is 0. The van der Waals surface area contributed by atoms with Gasteiger partial charge < -0.3 is 4.74 Å². The number of pyridine rings is 1. The number of benzene rings is 8. The van der Waals surface area contributed by atoms with Crippen molar-refractivity contribution < 1.29 is 4.74 Å². The Balaban J connectivity index is 1.12. The third kappa shape index (κ3) is 5.21. The molecule has 280 valence electrons. The average Bonchev–Trinajstić information content (AvgIpc) is 3.61. The van der Waals surface area contributed by atoms with Crippen LogP contribution in [-0.4, -0.2) is 15.0 Å². The van der Waals surface area contributed by atoms with Crippen LogP contribution in [0.4, 0.5) is 0 Å². The van der Waals surface area contributed by atoms with Gasteiger partial charge in [0, 0.05) is 45.0 Å². The van der Waals surface area contributed by atoms with Crippen LogP contribution in [0.5, 0.6) is 11.5 Å². The van der Waals surface area contributed by atoms with Gasteiger partial charge in [-0.15, -0.1) is 0 Å². The Labute approximate surface area is 348 Å². The second-order valence-corrected chi connectivity index (χ2v) is 15.5. The lowest BCUT2D eigenvalue weighted by atomic mass is 9.66. The largest absolute Gasteiger partial charge is 0.457 e. The van der Waals surface area contributed by atoms with Gasteiger partial charge in [0.1, 0.15) is 11.5 Å². The molecule has 0 radical (unpaired) electrons. The fourth-order valence-electron chi connectivity index (χ4n) is 9.58. The maximum Gasteiger partial charge on any atom is 0.160 e. The maximum absolute atomic E-state index is 6.66. The molecule has 3 heterocycles. The summed E-state index contributed by atoms with van der Waals surface area (Å²) in [6, 6.07) is 72.8. The summed E-state index contributed by atoms with van der Waals surface area (Å²) in [6.45, 7) is 0. The molecule has 4 heteroatoms. The van der Waals surface area contributed by atoms with Crippen molar-refractivity contribution in [2.24, 2.45) is 0 Å². The van der Waals surface area contributed by atoms with Gasteiger partial charge in [0.25, 0.3) is 0 Å². The number of nitrogens with zero attached hydrogens (tertiary/aromatic N) is 3. The molecule has 12 rings (SSSR count). The van der Waals surface area contributed by atoms with Gasteiger partial charge in [0.05, 0.1) is 22.3 Å². The quantitative estimate of drug-likeness (QED) is 0.175. The van der Waals surface area contributed by atoms with E-state index in [1.807, 2.05) is 24.4 Å². The van der Waals surface area contributed by atoms with Crippen LogP contribution in [0.1, 0.15) is 22.3 Å². The van der Waals surface area contributed by atoms with Crippen LogP contribution in [0.3, 0.4) is 0 Å². The van der Waals surface area contributed by atoms with Crippen molar-refractivity contribution in [2.75, 3.05) is 0 Å². The summed E-state index contributed by atoms with van der Waals surface area (Å²) in [5.41, 5.74) is 16.6. The Morgan fingerprint density at radius 1 is 0.350 bits per heavy atom. The SMILES string of the molecule is c1ccc(-c2cc(-c3ccccc3)nc(-c3ccc4c(c3)-c3cc(-c5ccc(-c6ccccc6)c6cccnc56)ccc3C43c4ccccc4Oc4ccccc43)n2)cc1. The summed E-state index contributed by atoms with van der Waals surface area (Å²) >= 11 is 0. The van der Waals surface area contributed by atoms with Crippen LogP contribution < -0.4 is 4.74 Å². The van der Waals surface area contributed by atoms with Crippen LogP contribution in [0.2, 0.25) is 0 Å². The van der Waals surface area contributed by atoms with Gasteiger partial charge in [-0.1, -0.05) is 170 Å². The van der Waals surface area contributed by atoms with E-state index in [4.69, 9.17) is 19.7 Å². The predicted molar refractivity (Wildman–Crippen MR) is 242 cm³/mol. The zero-order valence-electron chi connectivity index (χ0n) is 32.5. The van der Waals surface area contributed by atoms with Crippen molar-refractivity contribution in [1.82, 2.24) is 15.0 Å². The second kappa shape index (κ2) is 13.6. The lowest BCUT2D eigenvalue weighted by molar-refractivity contribution is 0.436. The van der Waals surface area contributed by atoms with Crippen LogP contribution >= 0.6 is 0 Å². The van der Waals surface area contributed by atoms with E-state index in [2.05, 4.69) is 188 Å². The second-order valence-electron chi connectivity index (χ2n) is 15.5. The molecular weight excluding hydrogens is 731 g/mol. The first-order valence-electron chi connectivity index (χ1n) is 20.3. The number of ether oxygens (including phenoxy) is 1. The summed E-state index contributed by atoms with van der Waals surface area (Å²) in [4.78, 5) is 15.5. The monoisotopic (exact) mass is 765 g/mol. The molecule has 0 unspecified atom stereocenters. The number of hydrogen-bond donors (Lipinski definition) is 0. The molecule has 4 nitrogen and oxygen atoms in total. The molecule has 60 heavy (non-hydrogen) atoms. The van der Waals surface area contributed by atoms with Crippen molar-refractivity contribution in [3.8, 4) is 78.8 Å². The van der Waals surface area contributed by atoms with Gasteiger partial charge in [-0.05, 0) is 75.3 Å². The van der Waals surface area contributed by atoms with Crippen molar-refractivity contribution in [1.29, 1.82) is 0 Å². The first kappa shape index (κ1) is 34.1. The third-order valence-electron chi connectivity index (χ3n) is 12.2. The van der Waals surface area contributed by atoms with Crippen molar-refractivity contribution in [3.05, 3.63) is 235 Å². The Kier molecular flexibility index (Phi) is 7.72. The molecule has 8 aromatic carbocycles. The fraction of sp³-hybridized carbons (Fsp3) is 0.0179. The molecule has 1 aliphatic carbocycles. The highest BCUT2D eigenvalue weighted by molar-refractivity contribution is 6.03. The Morgan fingerprint density at radius 3 is 1.48 bits per heavy atom. The molecule has 0 saturated carbocycles. The molecule has 1 aliphatic heterocycles. The minimum absolute atomic E-state index is 0.618. The molecule has 0 bridgehead atoms. The highest BCUT2D eigenvalue weighted by atomic mass is 16.5. The van der Waals surface area contributed by atoms with Gasteiger partial charge in [0.2, 0.25) is 0 Å². The van der Waals surface area contributed by atoms with E-state index < -0.39 is 5.41 Å². The summed E-state index contributed by atoms with van der Waals surface area (Å²) in [5.74, 6) is 2.40. The molecule has 0 N–H and O–H groups in total. The fourth-order valence-corrected chi connectivity index (χ4v) is 9.58. The maximum atomic E-state index is 6.66. The average molecular weight is 766 g/mol. The third-order valence-corrected chi connectivity index (χ3v) is 12.2. The van der Waals surface area contributed by atoms with Gasteiger partial charge in [-0.3, -0.25) is 4.98 Å². The zero-order valence-corrected chi connectivity index (χ0v) is 32.5. The lowest BCUT2D eigenvalue weighted by Gasteiger charge is -2.39. The van der Waals surface area contributed by atoms with E-state index in [0.29, 0.717) is 5.82 Å². The highest BCUT2D eigenvalue weighted by Crippen LogP contribution is 2.62. The molecule has 1 spiro atoms. The molecule has 0 fully saturated rings. The van der Waals surface area contributed by atoms with E-state index in [1.54, 1.807) is 0 Å². The summed E-state index contributed by atoms with van der Waals surface area (Å²) in [6.07, 6.45) is 1.90. The van der Waals surface area contributed by atoms with Gasteiger partial charge in [0.15, 0.2) is 5.82 Å². The molecule has 2 aliphatic rings. The van der Waals surface area contributed by atoms with Crippen LogP contribution in [0.15, 0.2) is 212 Å². The first-order valence-corrected chi connectivity index (χ1v) is 20.3. The normalized spacial score (nSPS) is 12.9. The Hall–Kier alpha value is -7.95. The van der Waals surface area contributed by atoms with E-state index in [0.717, 1.165) is 83.9 Å². The van der Waals surface area contributed by atoms with E-state index >= 15 is 0 Å². The number of rotatable bonds is 5. The van der Waals surface area contributed by atoms with Gasteiger partial charge in [-0.25, -0.2) is 9.97 Å². The van der Waals surface area contributed by atoms with Crippen LogP contribution in [-0.2, 0) is 5.41 Å². The van der Waals surface area contributed by atoms with Crippen LogP contribution in [0.25, 0.3) is 78.2 Å². The van der Waals surface area contributed by atoms with Crippen molar-refractivity contribution in [2.45, 2.75) is 5.41 Å². The first-order chi connectivity index (χ1) is 29.7. The Bertz CT molecular complexity index is 3190. The Morgan fingerprint density at radius 2 is 0.867 bits per heavy atom. The van der Waals surface area contributed by atoms with E-state index in [1.165, 1.54) is 22.3 Å². The number of aromatic nitrogens is 3. The molecule has 0 amide bonds. The lowest BCUT2D eigenvalue weighted by Crippen LogP contribution is -2.32. The zero-order chi connectivity index (χ0) is 39.6. The number of hydrogen-bond acceptors (Lipinski definition) is 4. The van der Waals surface area contributed by atoms with E-state index in [9.17, 15) is 0 Å². The minimum Gasteiger partial charge on any atom is -0.457 e.